The van der Waals surface area contributed by atoms with Crippen molar-refractivity contribution in [3.8, 4) is 11.5 Å². The van der Waals surface area contributed by atoms with Crippen LogP contribution in [0.15, 0.2) is 16.6 Å². The predicted molar refractivity (Wildman–Crippen MR) is 80.0 cm³/mol. The second kappa shape index (κ2) is 7.10. The summed E-state index contributed by atoms with van der Waals surface area (Å²) >= 11 is 3.38. The van der Waals surface area contributed by atoms with Gasteiger partial charge in [-0.15, -0.1) is 9.24 Å². The summed E-state index contributed by atoms with van der Waals surface area (Å²) in [6.07, 6.45) is 1.30. The molecule has 0 spiro atoms. The maximum Gasteiger partial charge on any atom is 0.170 e. The van der Waals surface area contributed by atoms with Crippen molar-refractivity contribution in [2.75, 3.05) is 14.2 Å². The zero-order valence-electron chi connectivity index (χ0n) is 10.8. The first-order chi connectivity index (χ1) is 8.51. The van der Waals surface area contributed by atoms with E-state index in [1.54, 1.807) is 20.3 Å². The van der Waals surface area contributed by atoms with Gasteiger partial charge in [-0.2, -0.15) is 0 Å². The van der Waals surface area contributed by atoms with Crippen molar-refractivity contribution < 1.29 is 14.3 Å². The third kappa shape index (κ3) is 3.69. The molecule has 0 saturated carbocycles. The van der Waals surface area contributed by atoms with Gasteiger partial charge in [0.15, 0.2) is 5.78 Å². The highest BCUT2D eigenvalue weighted by molar-refractivity contribution is 9.10. The lowest BCUT2D eigenvalue weighted by Crippen LogP contribution is -2.07. The Morgan fingerprint density at radius 1 is 1.39 bits per heavy atom. The van der Waals surface area contributed by atoms with E-state index in [4.69, 9.17) is 9.47 Å². The molecule has 0 aliphatic heterocycles. The molecule has 0 N–H and O–H groups in total. The van der Waals surface area contributed by atoms with Crippen LogP contribution >= 0.6 is 25.2 Å². The number of methoxy groups -OCH3 is 2. The van der Waals surface area contributed by atoms with Crippen molar-refractivity contribution in [1.82, 2.24) is 0 Å². The SMILES string of the molecule is COc1ccc(Br)c(OC)c1C(=O)CCC(C)P. The summed E-state index contributed by atoms with van der Waals surface area (Å²) in [6.45, 7) is 2.06. The Bertz CT molecular complexity index is 432. The molecule has 1 aromatic carbocycles. The van der Waals surface area contributed by atoms with Crippen molar-refractivity contribution in [2.45, 2.75) is 25.4 Å². The summed E-state index contributed by atoms with van der Waals surface area (Å²) in [4.78, 5) is 12.3. The zero-order valence-corrected chi connectivity index (χ0v) is 13.6. The third-order valence-electron chi connectivity index (χ3n) is 2.60. The van der Waals surface area contributed by atoms with E-state index in [1.165, 1.54) is 0 Å². The maximum absolute atomic E-state index is 12.3. The molecule has 0 fully saturated rings. The molecule has 0 amide bonds. The summed E-state index contributed by atoms with van der Waals surface area (Å²) < 4.78 is 11.3. The van der Waals surface area contributed by atoms with Crippen LogP contribution in [0.3, 0.4) is 0 Å². The molecule has 0 aliphatic carbocycles. The maximum atomic E-state index is 12.3. The van der Waals surface area contributed by atoms with E-state index in [-0.39, 0.29) is 5.78 Å². The van der Waals surface area contributed by atoms with Crippen LogP contribution in [-0.4, -0.2) is 25.7 Å². The van der Waals surface area contributed by atoms with Gasteiger partial charge in [-0.05, 0) is 40.1 Å². The van der Waals surface area contributed by atoms with Crippen LogP contribution in [0, 0.1) is 0 Å². The topological polar surface area (TPSA) is 35.5 Å². The Hall–Kier alpha value is -0.600. The number of hydrogen-bond donors (Lipinski definition) is 0. The number of Topliss-reactive ketones (excluding diaryl/α,β-unsaturated/α-hetero) is 1. The van der Waals surface area contributed by atoms with Crippen LogP contribution < -0.4 is 9.47 Å². The first-order valence-corrected chi connectivity index (χ1v) is 7.16. The van der Waals surface area contributed by atoms with Gasteiger partial charge in [0.2, 0.25) is 0 Å². The molecule has 0 aromatic heterocycles. The quantitative estimate of drug-likeness (QED) is 0.588. The van der Waals surface area contributed by atoms with Crippen molar-refractivity contribution >= 4 is 31.0 Å². The van der Waals surface area contributed by atoms with Gasteiger partial charge in [0.1, 0.15) is 17.1 Å². The van der Waals surface area contributed by atoms with Gasteiger partial charge in [0.05, 0.1) is 18.7 Å². The molecule has 2 unspecified atom stereocenters. The van der Waals surface area contributed by atoms with Crippen LogP contribution in [0.2, 0.25) is 0 Å². The molecule has 0 bridgehead atoms. The van der Waals surface area contributed by atoms with Crippen LogP contribution in [0.5, 0.6) is 11.5 Å². The van der Waals surface area contributed by atoms with Crippen LogP contribution in [0.25, 0.3) is 0 Å². The van der Waals surface area contributed by atoms with Crippen LogP contribution in [-0.2, 0) is 0 Å². The molecule has 2 atom stereocenters. The van der Waals surface area contributed by atoms with Gasteiger partial charge >= 0.3 is 0 Å². The minimum Gasteiger partial charge on any atom is -0.496 e. The highest BCUT2D eigenvalue weighted by Gasteiger charge is 2.20. The number of ether oxygens (including phenoxy) is 2. The Morgan fingerprint density at radius 2 is 2.06 bits per heavy atom. The lowest BCUT2D eigenvalue weighted by atomic mass is 10.0. The van der Waals surface area contributed by atoms with E-state index in [1.807, 2.05) is 6.07 Å². The van der Waals surface area contributed by atoms with Gasteiger partial charge in [0.25, 0.3) is 0 Å². The molecule has 0 radical (unpaired) electrons. The Kier molecular flexibility index (Phi) is 6.10. The molecule has 3 nitrogen and oxygen atoms in total. The number of hydrogen-bond acceptors (Lipinski definition) is 3. The standard InChI is InChI=1S/C13H18BrO3P/c1-8(18)4-6-10(15)12-11(16-2)7-5-9(14)13(12)17-3/h5,7-8H,4,6,18H2,1-3H3. The highest BCUT2D eigenvalue weighted by atomic mass is 79.9. The molecular weight excluding hydrogens is 315 g/mol. The van der Waals surface area contributed by atoms with Gasteiger partial charge in [-0.1, -0.05) is 6.92 Å². The van der Waals surface area contributed by atoms with E-state index < -0.39 is 0 Å². The Labute approximate surface area is 119 Å². The average Bonchev–Trinajstić information content (AvgIpc) is 2.35. The van der Waals surface area contributed by atoms with E-state index in [0.717, 1.165) is 10.9 Å². The first kappa shape index (κ1) is 15.5. The van der Waals surface area contributed by atoms with E-state index in [0.29, 0.717) is 29.1 Å². The van der Waals surface area contributed by atoms with Crippen molar-refractivity contribution in [3.63, 3.8) is 0 Å². The lowest BCUT2D eigenvalue weighted by molar-refractivity contribution is 0.0974. The highest BCUT2D eigenvalue weighted by Crippen LogP contribution is 2.36. The predicted octanol–water partition coefficient (Wildman–Crippen LogP) is 3.69. The van der Waals surface area contributed by atoms with Crippen LogP contribution in [0.4, 0.5) is 0 Å². The fourth-order valence-corrected chi connectivity index (χ4v) is 2.32. The number of carbonyl (C=O) groups is 1. The average molecular weight is 333 g/mol. The van der Waals surface area contributed by atoms with Gasteiger partial charge in [0, 0.05) is 6.42 Å². The first-order valence-electron chi connectivity index (χ1n) is 5.70. The fraction of sp³-hybridized carbons (Fsp3) is 0.462. The molecule has 0 heterocycles. The normalized spacial score (nSPS) is 12.1. The van der Waals surface area contributed by atoms with Crippen LogP contribution in [0.1, 0.15) is 30.1 Å². The number of benzene rings is 1. The van der Waals surface area contributed by atoms with Crippen molar-refractivity contribution in [2.24, 2.45) is 0 Å². The van der Waals surface area contributed by atoms with Gasteiger partial charge in [-0.25, -0.2) is 0 Å². The third-order valence-corrected chi connectivity index (χ3v) is 3.56. The second-order valence-electron chi connectivity index (χ2n) is 4.10. The summed E-state index contributed by atoms with van der Waals surface area (Å²) in [6, 6.07) is 3.58. The number of rotatable bonds is 6. The largest absolute Gasteiger partial charge is 0.496 e. The fourth-order valence-electron chi connectivity index (χ4n) is 1.66. The summed E-state index contributed by atoms with van der Waals surface area (Å²) in [7, 11) is 5.80. The number of carbonyl (C=O) groups excluding carboxylic acids is 1. The van der Waals surface area contributed by atoms with E-state index >= 15 is 0 Å². The summed E-state index contributed by atoms with van der Waals surface area (Å²) in [5.41, 5.74) is 0.929. The Balaban J connectivity index is 3.11. The smallest absolute Gasteiger partial charge is 0.170 e. The van der Waals surface area contributed by atoms with Gasteiger partial charge < -0.3 is 9.47 Å². The molecule has 0 aliphatic rings. The summed E-state index contributed by atoms with van der Waals surface area (Å²) in [5, 5.41) is 0. The molecule has 18 heavy (non-hydrogen) atoms. The van der Waals surface area contributed by atoms with Crippen molar-refractivity contribution in [3.05, 3.63) is 22.2 Å². The second-order valence-corrected chi connectivity index (χ2v) is 6.09. The number of halogens is 1. The molecule has 5 heteroatoms. The minimum absolute atomic E-state index is 0.0410. The molecule has 1 aromatic rings. The molecule has 100 valence electrons. The van der Waals surface area contributed by atoms with E-state index in [9.17, 15) is 4.79 Å². The lowest BCUT2D eigenvalue weighted by Gasteiger charge is -2.14. The summed E-state index contributed by atoms with van der Waals surface area (Å²) in [5.74, 6) is 1.13. The molecular formula is C13H18BrO3P. The monoisotopic (exact) mass is 332 g/mol. The molecule has 1 rings (SSSR count). The molecule has 0 saturated heterocycles. The Morgan fingerprint density at radius 3 is 2.56 bits per heavy atom. The van der Waals surface area contributed by atoms with Gasteiger partial charge in [-0.3, -0.25) is 4.79 Å². The van der Waals surface area contributed by atoms with E-state index in [2.05, 4.69) is 32.1 Å². The minimum atomic E-state index is 0.0410. The van der Waals surface area contributed by atoms with Crippen molar-refractivity contribution in [1.29, 1.82) is 0 Å². The number of ketones is 1. The zero-order chi connectivity index (χ0) is 13.7.